The summed E-state index contributed by atoms with van der Waals surface area (Å²) in [5, 5.41) is 86.4. The van der Waals surface area contributed by atoms with Gasteiger partial charge in [0.1, 0.15) is 42.0 Å². The monoisotopic (exact) mass is 766 g/mol. The Morgan fingerprint density at radius 2 is 1.54 bits per heavy atom. The van der Waals surface area contributed by atoms with Gasteiger partial charge in [0.05, 0.1) is 31.5 Å². The molecule has 7 aliphatic rings. The first-order valence-electron chi connectivity index (χ1n) is 20.3. The van der Waals surface area contributed by atoms with Crippen molar-refractivity contribution in [3.8, 4) is 0 Å². The highest BCUT2D eigenvalue weighted by molar-refractivity contribution is 5.77. The fourth-order valence-corrected chi connectivity index (χ4v) is 13.5. The fourth-order valence-electron chi connectivity index (χ4n) is 13.5. The molecule has 308 valence electrons. The second kappa shape index (κ2) is 13.7. The lowest BCUT2D eigenvalue weighted by Gasteiger charge is -2.71. The molecule has 7 rings (SSSR count). The van der Waals surface area contributed by atoms with Crippen molar-refractivity contribution < 1.29 is 64.6 Å². The lowest BCUT2D eigenvalue weighted by Crippen LogP contribution is -2.67. The molecule has 19 unspecified atom stereocenters. The number of rotatable bonds is 6. The largest absolute Gasteiger partial charge is 0.481 e. The number of allylic oxidation sites excluding steroid dienone is 2. The van der Waals surface area contributed by atoms with Crippen molar-refractivity contribution in [1.82, 2.24) is 0 Å². The lowest BCUT2D eigenvalue weighted by atomic mass is 9.33. The minimum absolute atomic E-state index is 0.0435. The molecule has 0 aromatic rings. The van der Waals surface area contributed by atoms with Crippen molar-refractivity contribution in [2.45, 2.75) is 174 Å². The first kappa shape index (κ1) is 40.9. The van der Waals surface area contributed by atoms with E-state index < -0.39 is 84.3 Å². The Hall–Kier alpha value is -1.23. The topological polar surface area (TPSA) is 216 Å². The summed E-state index contributed by atoms with van der Waals surface area (Å²) in [7, 11) is 0. The number of carboxylic acid groups (broad SMARTS) is 1. The number of carbonyl (C=O) groups is 1. The molecule has 4 saturated carbocycles. The highest BCUT2D eigenvalue weighted by Crippen LogP contribution is 2.76. The van der Waals surface area contributed by atoms with E-state index in [1.807, 2.05) is 0 Å². The van der Waals surface area contributed by atoms with Crippen LogP contribution in [0.5, 0.6) is 0 Å². The van der Waals surface area contributed by atoms with Crippen molar-refractivity contribution in [3.05, 3.63) is 11.6 Å². The first-order valence-corrected chi connectivity index (χ1v) is 20.3. The summed E-state index contributed by atoms with van der Waals surface area (Å²) in [6, 6.07) is 0. The number of ether oxygens (including phenoxy) is 4. The summed E-state index contributed by atoms with van der Waals surface area (Å²) in [6.45, 7) is 14.6. The third-order valence-corrected chi connectivity index (χ3v) is 17.0. The third-order valence-electron chi connectivity index (χ3n) is 17.0. The van der Waals surface area contributed by atoms with Gasteiger partial charge in [-0.3, -0.25) is 4.79 Å². The molecule has 0 aromatic heterocycles. The summed E-state index contributed by atoms with van der Waals surface area (Å²) in [6.07, 6.45) is -5.04. The van der Waals surface area contributed by atoms with Crippen LogP contribution < -0.4 is 0 Å². The predicted octanol–water partition coefficient (Wildman–Crippen LogP) is 2.49. The number of hydrogen-bond acceptors (Lipinski definition) is 12. The maximum absolute atomic E-state index is 13.1. The highest BCUT2D eigenvalue weighted by atomic mass is 16.8. The van der Waals surface area contributed by atoms with Crippen molar-refractivity contribution >= 4 is 5.97 Å². The van der Waals surface area contributed by atoms with Gasteiger partial charge in [-0.2, -0.15) is 0 Å². The molecule has 6 fully saturated rings. The van der Waals surface area contributed by atoms with Gasteiger partial charge in [-0.05, 0) is 104 Å². The van der Waals surface area contributed by atoms with Gasteiger partial charge in [0.2, 0.25) is 0 Å². The molecule has 13 heteroatoms. The van der Waals surface area contributed by atoms with Crippen molar-refractivity contribution in [1.29, 1.82) is 0 Å². The van der Waals surface area contributed by atoms with Crippen LogP contribution in [0.2, 0.25) is 0 Å². The molecule has 13 nitrogen and oxygen atoms in total. The molecule has 0 aromatic carbocycles. The molecule has 8 N–H and O–H groups in total. The van der Waals surface area contributed by atoms with E-state index >= 15 is 0 Å². The summed E-state index contributed by atoms with van der Waals surface area (Å²) in [4.78, 5) is 13.1. The zero-order chi connectivity index (χ0) is 39.6. The zero-order valence-corrected chi connectivity index (χ0v) is 33.1. The highest BCUT2D eigenvalue weighted by Gasteiger charge is 2.71. The van der Waals surface area contributed by atoms with Gasteiger partial charge in [0.25, 0.3) is 0 Å². The average Bonchev–Trinajstić information content (AvgIpc) is 3.10. The molecule has 0 amide bonds. The number of hydrogen-bond donors (Lipinski definition) is 8. The average molecular weight is 767 g/mol. The van der Waals surface area contributed by atoms with Gasteiger partial charge < -0.3 is 59.8 Å². The Morgan fingerprint density at radius 3 is 2.20 bits per heavy atom. The number of aliphatic hydroxyl groups excluding tert-OH is 7. The second-order valence-corrected chi connectivity index (χ2v) is 20.1. The summed E-state index contributed by atoms with van der Waals surface area (Å²) < 4.78 is 24.3. The molecular weight excluding hydrogens is 700 g/mol. The Balaban J connectivity index is 1.16. The Bertz CT molecular complexity index is 1470. The molecule has 5 aliphatic carbocycles. The van der Waals surface area contributed by atoms with Crippen LogP contribution in [0.3, 0.4) is 0 Å². The van der Waals surface area contributed by atoms with Crippen LogP contribution in [-0.4, -0.2) is 128 Å². The van der Waals surface area contributed by atoms with Crippen molar-refractivity contribution in [2.75, 3.05) is 13.2 Å². The second-order valence-electron chi connectivity index (χ2n) is 20.1. The maximum atomic E-state index is 13.1. The predicted molar refractivity (Wildman–Crippen MR) is 193 cm³/mol. The van der Waals surface area contributed by atoms with Crippen molar-refractivity contribution in [2.24, 2.45) is 50.2 Å². The quantitative estimate of drug-likeness (QED) is 0.144. The molecule has 2 aliphatic heterocycles. The summed E-state index contributed by atoms with van der Waals surface area (Å²) in [5.41, 5.74) is -1.48. The van der Waals surface area contributed by atoms with Crippen LogP contribution in [-0.2, 0) is 23.7 Å². The third kappa shape index (κ3) is 5.76. The summed E-state index contributed by atoms with van der Waals surface area (Å²) in [5.74, 6) is -0.833. The minimum atomic E-state index is -1.64. The molecule has 0 bridgehead atoms. The molecule has 0 radical (unpaired) electrons. The van der Waals surface area contributed by atoms with Crippen LogP contribution in [0.4, 0.5) is 0 Å². The van der Waals surface area contributed by atoms with E-state index in [-0.39, 0.29) is 52.6 Å². The molecule has 0 spiro atoms. The van der Waals surface area contributed by atoms with E-state index in [1.165, 1.54) is 12.5 Å². The zero-order valence-electron chi connectivity index (χ0n) is 33.1. The normalized spacial score (nSPS) is 55.7. The lowest BCUT2D eigenvalue weighted by molar-refractivity contribution is -0.365. The number of aliphatic hydroxyl groups is 7. The van der Waals surface area contributed by atoms with Crippen LogP contribution in [0, 0.1) is 50.2 Å². The van der Waals surface area contributed by atoms with Gasteiger partial charge in [0, 0.05) is 5.41 Å². The van der Waals surface area contributed by atoms with E-state index in [4.69, 9.17) is 18.9 Å². The van der Waals surface area contributed by atoms with Crippen LogP contribution in [0.1, 0.15) is 106 Å². The number of fused-ring (bicyclic) bond motifs is 7. The smallest absolute Gasteiger partial charge is 0.312 e. The van der Waals surface area contributed by atoms with E-state index in [0.717, 1.165) is 32.1 Å². The SMILES string of the molecule is CC1OC(OC2C(OC3CCC4(C)C(CCC5(C)C4CC=C4C6CC(C)(C)CC(O)C6(C(=O)O)CCC45C)C3(C)CO)OCC(O)C2O)C(O)C(O)C1O. The van der Waals surface area contributed by atoms with Crippen molar-refractivity contribution in [3.63, 3.8) is 0 Å². The molecular formula is C41H66O13. The Kier molecular flexibility index (Phi) is 10.4. The van der Waals surface area contributed by atoms with Crippen LogP contribution >= 0.6 is 0 Å². The van der Waals surface area contributed by atoms with Gasteiger partial charge in [0.15, 0.2) is 12.6 Å². The van der Waals surface area contributed by atoms with Crippen LogP contribution in [0.25, 0.3) is 0 Å². The van der Waals surface area contributed by atoms with E-state index in [0.29, 0.717) is 25.7 Å². The van der Waals surface area contributed by atoms with Crippen LogP contribution in [0.15, 0.2) is 11.6 Å². The van der Waals surface area contributed by atoms with Gasteiger partial charge in [-0.1, -0.05) is 53.2 Å². The van der Waals surface area contributed by atoms with Gasteiger partial charge in [-0.25, -0.2) is 0 Å². The standard InChI is InChI=1S/C41H66O13/c1-20-28(45)30(47)31(48)33(52-20)54-32-29(46)23(43)18-51-34(32)53-27-11-12-37(4)24(38(27,5)19-42)10-13-40(7)25(37)9-8-21-22-16-36(2,3)17-26(44)41(22,35(49)50)15-14-39(21,40)6/h8,20,22-34,42-48H,9-19H2,1-7H3,(H,49,50). The maximum Gasteiger partial charge on any atom is 0.312 e. The summed E-state index contributed by atoms with van der Waals surface area (Å²) >= 11 is 0. The van der Waals surface area contributed by atoms with Gasteiger partial charge in [-0.15, -0.1) is 0 Å². The first-order chi connectivity index (χ1) is 25.1. The van der Waals surface area contributed by atoms with E-state index in [9.17, 15) is 45.6 Å². The molecule has 2 saturated heterocycles. The Labute approximate surface area is 319 Å². The van der Waals surface area contributed by atoms with E-state index in [2.05, 4.69) is 47.6 Å². The number of aliphatic carboxylic acids is 1. The Morgan fingerprint density at radius 1 is 0.833 bits per heavy atom. The fraction of sp³-hybridized carbons (Fsp3) is 0.927. The molecule has 54 heavy (non-hydrogen) atoms. The molecule has 2 heterocycles. The van der Waals surface area contributed by atoms with E-state index in [1.54, 1.807) is 0 Å². The number of carboxylic acids is 1. The minimum Gasteiger partial charge on any atom is -0.481 e. The van der Waals surface area contributed by atoms with Gasteiger partial charge >= 0.3 is 5.97 Å². The molecule has 19 atom stereocenters.